The number of amidine groups is 1. The maximum absolute atomic E-state index is 10.7. The van der Waals surface area contributed by atoms with Crippen LogP contribution in [0.1, 0.15) is 25.8 Å². The van der Waals surface area contributed by atoms with Crippen LogP contribution >= 0.6 is 0 Å². The molecule has 0 unspecified atom stereocenters. The van der Waals surface area contributed by atoms with Crippen LogP contribution in [-0.2, 0) is 16.1 Å². The van der Waals surface area contributed by atoms with Gasteiger partial charge in [0, 0.05) is 6.61 Å². The largest absolute Gasteiger partial charge is 0.378 e. The fourth-order valence-electron chi connectivity index (χ4n) is 1.42. The first-order valence-corrected chi connectivity index (χ1v) is 6.54. The second-order valence-electron chi connectivity index (χ2n) is 4.91. The fourth-order valence-corrected chi connectivity index (χ4v) is 1.42. The third-order valence-corrected chi connectivity index (χ3v) is 2.59. The first-order valence-electron chi connectivity index (χ1n) is 6.54. The molecule has 0 atom stereocenters. The van der Waals surface area contributed by atoms with Gasteiger partial charge in [0.1, 0.15) is 0 Å². The number of nitrogens with one attached hydrogen (secondary N) is 1. The number of nitrogens with zero attached hydrogens (tertiary/aromatic N) is 1. The Kier molecular flexibility index (Phi) is 6.52. The molecule has 0 aliphatic heterocycles. The van der Waals surface area contributed by atoms with Gasteiger partial charge in [-0.1, -0.05) is 26.0 Å². The van der Waals surface area contributed by atoms with E-state index in [1.165, 1.54) is 0 Å². The summed E-state index contributed by atoms with van der Waals surface area (Å²) in [6.07, 6.45) is 1.04. The molecule has 6 heteroatoms. The number of anilines is 1. The minimum atomic E-state index is -0.759. The van der Waals surface area contributed by atoms with Gasteiger partial charge in [-0.15, -0.1) is 0 Å². The van der Waals surface area contributed by atoms with Crippen LogP contribution < -0.4 is 16.9 Å². The van der Waals surface area contributed by atoms with Gasteiger partial charge in [-0.25, -0.2) is 0 Å². The first-order chi connectivity index (χ1) is 9.49. The number of carbonyl (C=O) groups is 1. The van der Waals surface area contributed by atoms with Gasteiger partial charge >= 0.3 is 0 Å². The van der Waals surface area contributed by atoms with Crippen molar-refractivity contribution in [3.05, 3.63) is 29.8 Å². The average Bonchev–Trinajstić information content (AvgIpc) is 2.41. The minimum Gasteiger partial charge on any atom is -0.378 e. The number of ether oxygens (including phenoxy) is 1. The average molecular weight is 278 g/mol. The maximum atomic E-state index is 10.7. The second kappa shape index (κ2) is 8.16. The lowest BCUT2D eigenvalue weighted by atomic mass is 10.1. The van der Waals surface area contributed by atoms with E-state index >= 15 is 0 Å². The molecule has 110 valence electrons. The molecule has 0 aromatic heterocycles. The quantitative estimate of drug-likeness (QED) is 0.304. The van der Waals surface area contributed by atoms with Crippen molar-refractivity contribution in [3.63, 3.8) is 0 Å². The minimum absolute atomic E-state index is 0.261. The van der Waals surface area contributed by atoms with Gasteiger partial charge in [0.2, 0.25) is 5.84 Å². The Labute approximate surface area is 119 Å². The van der Waals surface area contributed by atoms with Crippen LogP contribution in [0.25, 0.3) is 0 Å². The molecule has 6 nitrogen and oxygen atoms in total. The Balaban J connectivity index is 2.49. The Hall–Kier alpha value is -2.08. The van der Waals surface area contributed by atoms with E-state index < -0.39 is 5.91 Å². The van der Waals surface area contributed by atoms with Crippen LogP contribution in [0.5, 0.6) is 0 Å². The SMILES string of the molecule is CC(C)CCOCc1cccc(NN=C(N)C(N)=O)c1. The van der Waals surface area contributed by atoms with Crippen molar-refractivity contribution >= 4 is 17.4 Å². The van der Waals surface area contributed by atoms with Crippen LogP contribution in [0.4, 0.5) is 5.69 Å². The topological polar surface area (TPSA) is 103 Å². The number of carbonyl (C=O) groups excluding carboxylic acids is 1. The molecule has 0 saturated carbocycles. The van der Waals surface area contributed by atoms with Crippen LogP contribution in [0.2, 0.25) is 0 Å². The van der Waals surface area contributed by atoms with Crippen molar-refractivity contribution in [2.75, 3.05) is 12.0 Å². The highest BCUT2D eigenvalue weighted by molar-refractivity contribution is 6.36. The predicted octanol–water partition coefficient (Wildman–Crippen LogP) is 1.42. The van der Waals surface area contributed by atoms with E-state index in [1.54, 1.807) is 0 Å². The summed E-state index contributed by atoms with van der Waals surface area (Å²) >= 11 is 0. The number of benzene rings is 1. The first kappa shape index (κ1) is 16.0. The highest BCUT2D eigenvalue weighted by Gasteiger charge is 2.00. The zero-order valence-electron chi connectivity index (χ0n) is 11.9. The lowest BCUT2D eigenvalue weighted by Crippen LogP contribution is -2.31. The summed E-state index contributed by atoms with van der Waals surface area (Å²) in [5.74, 6) is -0.386. The normalized spacial score (nSPS) is 11.7. The molecule has 1 aromatic rings. The van der Waals surface area contributed by atoms with Crippen molar-refractivity contribution < 1.29 is 9.53 Å². The smallest absolute Gasteiger partial charge is 0.285 e. The monoisotopic (exact) mass is 278 g/mol. The summed E-state index contributed by atoms with van der Waals surface area (Å²) in [7, 11) is 0. The van der Waals surface area contributed by atoms with Gasteiger partial charge < -0.3 is 16.2 Å². The van der Waals surface area contributed by atoms with Gasteiger partial charge in [0.25, 0.3) is 5.91 Å². The van der Waals surface area contributed by atoms with Gasteiger partial charge in [-0.05, 0) is 30.0 Å². The van der Waals surface area contributed by atoms with Gasteiger partial charge in [-0.3, -0.25) is 10.2 Å². The maximum Gasteiger partial charge on any atom is 0.285 e. The zero-order chi connectivity index (χ0) is 15.0. The highest BCUT2D eigenvalue weighted by Crippen LogP contribution is 2.12. The molecule has 5 N–H and O–H groups in total. The van der Waals surface area contributed by atoms with Crippen LogP contribution in [0.15, 0.2) is 29.4 Å². The number of amides is 1. The lowest BCUT2D eigenvalue weighted by molar-refractivity contribution is -0.112. The molecule has 1 amide bonds. The molecule has 0 aliphatic carbocycles. The molecule has 0 saturated heterocycles. The third kappa shape index (κ3) is 6.19. The molecule has 20 heavy (non-hydrogen) atoms. The van der Waals surface area contributed by atoms with E-state index in [4.69, 9.17) is 16.2 Å². The molecule has 1 aromatic carbocycles. The van der Waals surface area contributed by atoms with E-state index in [2.05, 4.69) is 24.4 Å². The van der Waals surface area contributed by atoms with Crippen molar-refractivity contribution in [2.45, 2.75) is 26.9 Å². The number of rotatable bonds is 7. The van der Waals surface area contributed by atoms with E-state index in [1.807, 2.05) is 24.3 Å². The zero-order valence-corrected chi connectivity index (χ0v) is 11.9. The van der Waals surface area contributed by atoms with Gasteiger partial charge in [-0.2, -0.15) is 5.10 Å². The Bertz CT molecular complexity index is 472. The van der Waals surface area contributed by atoms with Crippen molar-refractivity contribution in [1.29, 1.82) is 0 Å². The van der Waals surface area contributed by atoms with Crippen molar-refractivity contribution in [2.24, 2.45) is 22.5 Å². The Morgan fingerprint density at radius 3 is 2.80 bits per heavy atom. The summed E-state index contributed by atoms with van der Waals surface area (Å²) in [5.41, 5.74) is 14.7. The van der Waals surface area contributed by atoms with E-state index in [-0.39, 0.29) is 5.84 Å². The second-order valence-corrected chi connectivity index (χ2v) is 4.91. The molecule has 1 rings (SSSR count). The molecule has 0 heterocycles. The Morgan fingerprint density at radius 2 is 2.15 bits per heavy atom. The summed E-state index contributed by atoms with van der Waals surface area (Å²) < 4.78 is 5.59. The standard InChI is InChI=1S/C14H22N4O2/c1-10(2)6-7-20-9-11-4-3-5-12(8-11)17-18-13(15)14(16)19/h3-5,8,10,17H,6-7,9H2,1-2H3,(H2,15,18)(H2,16,19). The molecule has 0 bridgehead atoms. The highest BCUT2D eigenvalue weighted by atomic mass is 16.5. The number of hydrogen-bond donors (Lipinski definition) is 3. The molecular formula is C14H22N4O2. The predicted molar refractivity (Wildman–Crippen MR) is 80.0 cm³/mol. The summed E-state index contributed by atoms with van der Waals surface area (Å²) in [6.45, 7) is 5.60. The number of primary amides is 1. The number of hydrazone groups is 1. The molecular weight excluding hydrogens is 256 g/mol. The van der Waals surface area contributed by atoms with Crippen LogP contribution in [0.3, 0.4) is 0 Å². The summed E-state index contributed by atoms with van der Waals surface area (Å²) in [6, 6.07) is 7.53. The fraction of sp³-hybridized carbons (Fsp3) is 0.429. The third-order valence-electron chi connectivity index (χ3n) is 2.59. The summed E-state index contributed by atoms with van der Waals surface area (Å²) in [4.78, 5) is 10.7. The lowest BCUT2D eigenvalue weighted by Gasteiger charge is -2.08. The van der Waals surface area contributed by atoms with E-state index in [9.17, 15) is 4.79 Å². The van der Waals surface area contributed by atoms with Gasteiger partial charge in [0.15, 0.2) is 0 Å². The van der Waals surface area contributed by atoms with E-state index in [0.717, 1.165) is 24.3 Å². The number of hydrogen-bond acceptors (Lipinski definition) is 4. The number of nitrogens with two attached hydrogens (primary N) is 2. The van der Waals surface area contributed by atoms with E-state index in [0.29, 0.717) is 12.5 Å². The molecule has 0 spiro atoms. The van der Waals surface area contributed by atoms with Gasteiger partial charge in [0.05, 0.1) is 12.3 Å². The van der Waals surface area contributed by atoms with Crippen molar-refractivity contribution in [3.8, 4) is 0 Å². The molecule has 0 radical (unpaired) electrons. The molecule has 0 fully saturated rings. The van der Waals surface area contributed by atoms with Crippen molar-refractivity contribution in [1.82, 2.24) is 0 Å². The Morgan fingerprint density at radius 1 is 1.40 bits per heavy atom. The van der Waals surface area contributed by atoms with Crippen LogP contribution in [0, 0.1) is 5.92 Å². The molecule has 0 aliphatic rings. The summed E-state index contributed by atoms with van der Waals surface area (Å²) in [5, 5.41) is 3.68. The van der Waals surface area contributed by atoms with Crippen LogP contribution in [-0.4, -0.2) is 18.3 Å².